The van der Waals surface area contributed by atoms with E-state index >= 15 is 0 Å². The van der Waals surface area contributed by atoms with Crippen LogP contribution in [-0.2, 0) is 17.8 Å². The van der Waals surface area contributed by atoms with Crippen LogP contribution in [0.15, 0.2) is 30.5 Å². The number of rotatable bonds is 2. The van der Waals surface area contributed by atoms with Crippen LogP contribution in [0.25, 0.3) is 5.69 Å². The van der Waals surface area contributed by atoms with Crippen molar-refractivity contribution in [1.29, 1.82) is 0 Å². The molecule has 1 aliphatic heterocycles. The van der Waals surface area contributed by atoms with E-state index in [-0.39, 0.29) is 12.0 Å². The molecule has 35 heavy (non-hydrogen) atoms. The van der Waals surface area contributed by atoms with E-state index in [0.717, 1.165) is 60.1 Å². The normalized spacial score (nSPS) is 20.1. The van der Waals surface area contributed by atoms with Gasteiger partial charge in [-0.25, -0.2) is 14.8 Å². The molecule has 1 fully saturated rings. The summed E-state index contributed by atoms with van der Waals surface area (Å²) >= 11 is 6.35. The number of amides is 1. The second-order valence-corrected chi connectivity index (χ2v) is 10.9. The summed E-state index contributed by atoms with van der Waals surface area (Å²) in [6, 6.07) is 7.83. The number of aryl methyl sites for hydroxylation is 1. The Morgan fingerprint density at radius 1 is 1.06 bits per heavy atom. The van der Waals surface area contributed by atoms with Crippen LogP contribution in [0.4, 0.5) is 4.79 Å². The van der Waals surface area contributed by atoms with Gasteiger partial charge in [0.05, 0.1) is 18.8 Å². The molecule has 0 bridgehead atoms. The molecular weight excluding hydrogens is 464 g/mol. The van der Waals surface area contributed by atoms with Crippen LogP contribution in [0.2, 0.25) is 5.02 Å². The predicted molar refractivity (Wildman–Crippen MR) is 133 cm³/mol. The summed E-state index contributed by atoms with van der Waals surface area (Å²) in [5.74, 6) is 3.23. The van der Waals surface area contributed by atoms with Gasteiger partial charge in [0.1, 0.15) is 17.2 Å². The van der Waals surface area contributed by atoms with E-state index in [4.69, 9.17) is 16.3 Å². The monoisotopic (exact) mass is 494 g/mol. The maximum Gasteiger partial charge on any atom is 0.411 e. The van der Waals surface area contributed by atoms with Crippen molar-refractivity contribution in [3.8, 4) is 5.69 Å². The average molecular weight is 495 g/mol. The maximum atomic E-state index is 13.0. The second kappa shape index (κ2) is 9.22. The number of fused-ring (bicyclic) bond motifs is 3. The molecule has 3 heterocycles. The molecular formula is C26H31ClN6O2. The van der Waals surface area contributed by atoms with Gasteiger partial charge in [0.15, 0.2) is 5.82 Å². The molecule has 2 aliphatic rings. The molecule has 0 saturated heterocycles. The molecule has 1 amide bonds. The van der Waals surface area contributed by atoms with Gasteiger partial charge in [-0.1, -0.05) is 11.6 Å². The van der Waals surface area contributed by atoms with E-state index in [1.165, 1.54) is 0 Å². The van der Waals surface area contributed by atoms with Crippen molar-refractivity contribution in [2.45, 2.75) is 83.9 Å². The van der Waals surface area contributed by atoms with E-state index < -0.39 is 5.60 Å². The van der Waals surface area contributed by atoms with Gasteiger partial charge in [-0.3, -0.25) is 9.47 Å². The number of carbonyl (C=O) groups is 1. The summed E-state index contributed by atoms with van der Waals surface area (Å²) in [6.07, 6.45) is 5.57. The minimum Gasteiger partial charge on any atom is -0.444 e. The summed E-state index contributed by atoms with van der Waals surface area (Å²) in [5, 5.41) is 9.81. The zero-order valence-corrected chi connectivity index (χ0v) is 21.4. The summed E-state index contributed by atoms with van der Waals surface area (Å²) in [7, 11) is 0. The largest absolute Gasteiger partial charge is 0.444 e. The number of carbonyl (C=O) groups excluding carboxylic acids is 1. The fraction of sp³-hybridized carbons (Fsp3) is 0.500. The number of halogens is 1. The fourth-order valence-electron chi connectivity index (χ4n) is 5.10. The number of benzene rings is 1. The number of nitrogens with zero attached hydrogens (tertiary/aromatic N) is 6. The highest BCUT2D eigenvalue weighted by atomic mass is 35.5. The highest BCUT2D eigenvalue weighted by molar-refractivity contribution is 6.30. The number of aromatic nitrogens is 5. The fourth-order valence-corrected chi connectivity index (χ4v) is 5.29. The Morgan fingerprint density at radius 2 is 1.80 bits per heavy atom. The topological polar surface area (TPSA) is 86.0 Å². The number of hydrogen-bond acceptors (Lipinski definition) is 6. The zero-order valence-electron chi connectivity index (χ0n) is 20.7. The van der Waals surface area contributed by atoms with Crippen molar-refractivity contribution < 1.29 is 9.53 Å². The quantitative estimate of drug-likeness (QED) is 0.453. The molecule has 1 aromatic carbocycles. The lowest BCUT2D eigenvalue weighted by Gasteiger charge is -2.28. The van der Waals surface area contributed by atoms with Gasteiger partial charge in [0.2, 0.25) is 0 Å². The third-order valence-electron chi connectivity index (χ3n) is 6.69. The molecule has 0 atom stereocenters. The first-order valence-corrected chi connectivity index (χ1v) is 12.6. The van der Waals surface area contributed by atoms with Gasteiger partial charge in [-0.15, -0.1) is 10.2 Å². The van der Waals surface area contributed by atoms with Gasteiger partial charge in [-0.05, 0) is 83.2 Å². The molecule has 5 rings (SSSR count). The Hall–Kier alpha value is -3.00. The van der Waals surface area contributed by atoms with E-state index in [9.17, 15) is 4.79 Å². The van der Waals surface area contributed by atoms with Gasteiger partial charge in [-0.2, -0.15) is 0 Å². The molecule has 0 N–H and O–H groups in total. The van der Waals surface area contributed by atoms with Crippen molar-refractivity contribution in [2.75, 3.05) is 0 Å². The van der Waals surface area contributed by atoms with Crippen LogP contribution >= 0.6 is 11.6 Å². The lowest BCUT2D eigenvalue weighted by Crippen LogP contribution is -2.35. The minimum absolute atomic E-state index is 0.284. The molecule has 0 unspecified atom stereocenters. The van der Waals surface area contributed by atoms with E-state index in [1.807, 2.05) is 58.2 Å². The van der Waals surface area contributed by atoms with Gasteiger partial charge < -0.3 is 4.74 Å². The molecule has 0 spiro atoms. The van der Waals surface area contributed by atoms with Crippen LogP contribution in [0.5, 0.6) is 0 Å². The van der Waals surface area contributed by atoms with Gasteiger partial charge in [0, 0.05) is 28.7 Å². The number of hydrogen-bond donors (Lipinski definition) is 0. The van der Waals surface area contributed by atoms with E-state index in [0.29, 0.717) is 24.0 Å². The van der Waals surface area contributed by atoms with Crippen LogP contribution in [-0.4, -0.2) is 41.3 Å². The molecule has 2 aromatic heterocycles. The predicted octanol–water partition coefficient (Wildman–Crippen LogP) is 5.71. The lowest BCUT2D eigenvalue weighted by molar-refractivity contribution is 0.0214. The Morgan fingerprint density at radius 3 is 2.51 bits per heavy atom. The van der Waals surface area contributed by atoms with Crippen molar-refractivity contribution in [1.82, 2.24) is 29.6 Å². The first-order chi connectivity index (χ1) is 16.7. The summed E-state index contributed by atoms with van der Waals surface area (Å²) in [5.41, 5.74) is 2.47. The third-order valence-corrected chi connectivity index (χ3v) is 6.93. The lowest BCUT2D eigenvalue weighted by atomic mass is 9.80. The number of ether oxygens (including phenoxy) is 1. The van der Waals surface area contributed by atoms with Crippen LogP contribution < -0.4 is 0 Å². The highest BCUT2D eigenvalue weighted by Crippen LogP contribution is 2.41. The van der Waals surface area contributed by atoms with Gasteiger partial charge >= 0.3 is 6.09 Å². The molecule has 1 saturated carbocycles. The molecule has 3 aromatic rings. The minimum atomic E-state index is -0.583. The first kappa shape index (κ1) is 23.7. The van der Waals surface area contributed by atoms with Gasteiger partial charge in [0.25, 0.3) is 0 Å². The first-order valence-electron chi connectivity index (χ1n) is 12.2. The van der Waals surface area contributed by atoms with Crippen LogP contribution in [0, 0.1) is 6.92 Å². The summed E-state index contributed by atoms with van der Waals surface area (Å²) < 4.78 is 7.80. The van der Waals surface area contributed by atoms with E-state index in [2.05, 4.69) is 24.7 Å². The molecule has 8 nitrogen and oxygen atoms in total. The molecule has 9 heteroatoms. The molecule has 184 valence electrons. The average Bonchev–Trinajstić information content (AvgIpc) is 3.13. The summed E-state index contributed by atoms with van der Waals surface area (Å²) in [4.78, 5) is 23.5. The standard InChI is InChI=1S/C26H31ClN6O2/c1-16-28-12-11-21(29-16)17-5-7-18(8-6-17)24-31-30-23-15-32(25(34)35-26(2,3)4)14-19-13-20(27)9-10-22(19)33(23)24/h9-13,17-18H,5-8,14-15H2,1-4H3/t17-,18-. The van der Waals surface area contributed by atoms with Crippen molar-refractivity contribution in [3.63, 3.8) is 0 Å². The summed E-state index contributed by atoms with van der Waals surface area (Å²) in [6.45, 7) is 8.26. The Bertz CT molecular complexity index is 1240. The maximum absolute atomic E-state index is 13.0. The second-order valence-electron chi connectivity index (χ2n) is 10.5. The van der Waals surface area contributed by atoms with E-state index in [1.54, 1.807) is 4.90 Å². The van der Waals surface area contributed by atoms with Crippen LogP contribution in [0.1, 0.15) is 87.0 Å². The van der Waals surface area contributed by atoms with Crippen LogP contribution in [0.3, 0.4) is 0 Å². The smallest absolute Gasteiger partial charge is 0.411 e. The Labute approximate surface area is 210 Å². The Balaban J connectivity index is 1.44. The molecule has 1 aliphatic carbocycles. The zero-order chi connectivity index (χ0) is 24.7. The molecule has 0 radical (unpaired) electrons. The van der Waals surface area contributed by atoms with Crippen molar-refractivity contribution in [2.24, 2.45) is 0 Å². The highest BCUT2D eigenvalue weighted by Gasteiger charge is 2.33. The van der Waals surface area contributed by atoms with Crippen molar-refractivity contribution >= 4 is 17.7 Å². The van der Waals surface area contributed by atoms with Crippen molar-refractivity contribution in [3.05, 3.63) is 64.2 Å². The Kier molecular flexibility index (Phi) is 6.25. The SMILES string of the molecule is Cc1nccc([C@H]2CC[C@H](c3nnc4n3-c3ccc(Cl)cc3CN(C(=O)OC(C)(C)C)C4)CC2)n1. The third kappa shape index (κ3) is 5.03.